The van der Waals surface area contributed by atoms with Crippen LogP contribution in [0.15, 0.2) is 41.1 Å². The van der Waals surface area contributed by atoms with Crippen LogP contribution in [-0.4, -0.2) is 28.9 Å². The summed E-state index contributed by atoms with van der Waals surface area (Å²) in [5, 5.41) is 14.1. The van der Waals surface area contributed by atoms with E-state index in [4.69, 9.17) is 0 Å². The van der Waals surface area contributed by atoms with E-state index >= 15 is 0 Å². The van der Waals surface area contributed by atoms with Crippen molar-refractivity contribution in [3.63, 3.8) is 0 Å². The first-order valence-electron chi connectivity index (χ1n) is 8.01. The van der Waals surface area contributed by atoms with Crippen LogP contribution in [0.25, 0.3) is 6.08 Å². The summed E-state index contributed by atoms with van der Waals surface area (Å²) in [6.45, 7) is 2.84. The summed E-state index contributed by atoms with van der Waals surface area (Å²) in [6.07, 6.45) is 7.13. The first-order chi connectivity index (χ1) is 11.2. The van der Waals surface area contributed by atoms with Gasteiger partial charge in [-0.2, -0.15) is 11.3 Å². The molecule has 0 bridgehead atoms. The van der Waals surface area contributed by atoms with Crippen molar-refractivity contribution in [1.82, 2.24) is 4.90 Å². The van der Waals surface area contributed by atoms with Crippen molar-refractivity contribution >= 4 is 23.2 Å². The Morgan fingerprint density at radius 2 is 2.04 bits per heavy atom. The van der Waals surface area contributed by atoms with E-state index in [1.807, 2.05) is 29.0 Å². The van der Waals surface area contributed by atoms with Crippen molar-refractivity contribution in [2.75, 3.05) is 13.1 Å². The minimum absolute atomic E-state index is 0.0314. The largest absolute Gasteiger partial charge is 0.508 e. The number of aromatic hydroxyl groups is 1. The van der Waals surface area contributed by atoms with Gasteiger partial charge < -0.3 is 5.11 Å². The lowest BCUT2D eigenvalue weighted by molar-refractivity contribution is 0.104. The number of piperidine rings is 1. The van der Waals surface area contributed by atoms with Gasteiger partial charge >= 0.3 is 0 Å². The summed E-state index contributed by atoms with van der Waals surface area (Å²) in [7, 11) is 0. The Balaban J connectivity index is 1.72. The van der Waals surface area contributed by atoms with Crippen molar-refractivity contribution in [3.8, 4) is 5.75 Å². The maximum atomic E-state index is 12.3. The van der Waals surface area contributed by atoms with Crippen LogP contribution >= 0.6 is 11.3 Å². The van der Waals surface area contributed by atoms with Crippen LogP contribution in [0.1, 0.15) is 40.7 Å². The molecule has 0 saturated carbocycles. The number of phenols is 1. The maximum absolute atomic E-state index is 12.3. The number of carbonyl (C=O) groups is 1. The van der Waals surface area contributed by atoms with Crippen LogP contribution in [0.4, 0.5) is 0 Å². The molecule has 3 rings (SSSR count). The van der Waals surface area contributed by atoms with Gasteiger partial charge in [-0.1, -0.05) is 12.5 Å². The van der Waals surface area contributed by atoms with Crippen molar-refractivity contribution in [2.24, 2.45) is 0 Å². The van der Waals surface area contributed by atoms with Crippen LogP contribution in [0.2, 0.25) is 0 Å². The second kappa shape index (κ2) is 7.57. The van der Waals surface area contributed by atoms with Crippen LogP contribution in [-0.2, 0) is 6.54 Å². The van der Waals surface area contributed by atoms with Gasteiger partial charge in [0.15, 0.2) is 5.78 Å². The van der Waals surface area contributed by atoms with Crippen LogP contribution in [0, 0.1) is 0 Å². The third-order valence-corrected chi connectivity index (χ3v) is 4.88. The molecule has 1 aromatic heterocycles. The third kappa shape index (κ3) is 4.30. The minimum atomic E-state index is -0.0314. The number of likely N-dealkylation sites (tertiary alicyclic amines) is 1. The second-order valence-electron chi connectivity index (χ2n) is 5.93. The smallest absolute Gasteiger partial charge is 0.185 e. The fourth-order valence-corrected chi connectivity index (χ4v) is 3.49. The SMILES string of the molecule is O=C(/C=C/c1ccsc1)c1ccc(O)c(CN2CCCCC2)c1. The molecule has 120 valence electrons. The lowest BCUT2D eigenvalue weighted by atomic mass is 10.0. The molecular formula is C19H21NO2S. The molecule has 0 radical (unpaired) electrons. The summed E-state index contributed by atoms with van der Waals surface area (Å²) in [6, 6.07) is 7.12. The molecule has 0 amide bonds. The highest BCUT2D eigenvalue weighted by molar-refractivity contribution is 7.08. The van der Waals surface area contributed by atoms with Gasteiger partial charge in [0.1, 0.15) is 5.75 Å². The molecule has 3 nitrogen and oxygen atoms in total. The number of thiophene rings is 1. The van der Waals surface area contributed by atoms with E-state index in [1.165, 1.54) is 19.3 Å². The molecule has 1 saturated heterocycles. The van der Waals surface area contributed by atoms with E-state index in [2.05, 4.69) is 4.90 Å². The Bertz CT molecular complexity index is 685. The Morgan fingerprint density at radius 1 is 1.22 bits per heavy atom. The number of carbonyl (C=O) groups excluding carboxylic acids is 1. The highest BCUT2D eigenvalue weighted by atomic mass is 32.1. The van der Waals surface area contributed by atoms with Crippen molar-refractivity contribution in [3.05, 3.63) is 57.8 Å². The molecule has 2 heterocycles. The summed E-state index contributed by atoms with van der Waals surface area (Å²) in [5.41, 5.74) is 2.50. The Kier molecular flexibility index (Phi) is 5.26. The standard InChI is InChI=1S/C19H21NO2S/c21-18(6-4-15-8-11-23-14-15)16-5-7-19(22)17(12-16)13-20-9-2-1-3-10-20/h4-8,11-12,14,22H,1-3,9-10,13H2/b6-4+. The molecule has 4 heteroatoms. The number of ketones is 1. The lowest BCUT2D eigenvalue weighted by Crippen LogP contribution is -2.29. The summed E-state index contributed by atoms with van der Waals surface area (Å²) >= 11 is 1.61. The Morgan fingerprint density at radius 3 is 2.78 bits per heavy atom. The highest BCUT2D eigenvalue weighted by Crippen LogP contribution is 2.23. The van der Waals surface area contributed by atoms with Gasteiger partial charge in [0.2, 0.25) is 0 Å². The van der Waals surface area contributed by atoms with Crippen molar-refractivity contribution in [1.29, 1.82) is 0 Å². The van der Waals surface area contributed by atoms with Gasteiger partial charge in [0.25, 0.3) is 0 Å². The van der Waals surface area contributed by atoms with Gasteiger partial charge in [0.05, 0.1) is 0 Å². The fourth-order valence-electron chi connectivity index (χ4n) is 2.86. The molecule has 1 fully saturated rings. The Hall–Kier alpha value is -1.91. The molecule has 0 unspecified atom stereocenters. The van der Waals surface area contributed by atoms with Gasteiger partial charge in [-0.25, -0.2) is 0 Å². The topological polar surface area (TPSA) is 40.5 Å². The second-order valence-corrected chi connectivity index (χ2v) is 6.71. The quantitative estimate of drug-likeness (QED) is 0.656. The number of phenolic OH excluding ortho intramolecular Hbond substituents is 1. The van der Waals surface area contributed by atoms with E-state index in [-0.39, 0.29) is 11.5 Å². The van der Waals surface area contributed by atoms with E-state index in [9.17, 15) is 9.90 Å². The average molecular weight is 327 g/mol. The van der Waals surface area contributed by atoms with Crippen molar-refractivity contribution in [2.45, 2.75) is 25.8 Å². The fraction of sp³-hybridized carbons (Fsp3) is 0.316. The molecule has 0 atom stereocenters. The molecule has 1 aromatic carbocycles. The third-order valence-electron chi connectivity index (χ3n) is 4.18. The van der Waals surface area contributed by atoms with Gasteiger partial charge in [-0.05, 0) is 72.6 Å². The zero-order chi connectivity index (χ0) is 16.1. The molecule has 1 aliphatic rings. The lowest BCUT2D eigenvalue weighted by Gasteiger charge is -2.26. The van der Waals surface area contributed by atoms with Crippen molar-refractivity contribution < 1.29 is 9.90 Å². The van der Waals surface area contributed by atoms with Gasteiger partial charge in [-0.15, -0.1) is 0 Å². The van der Waals surface area contributed by atoms with Crippen LogP contribution in [0.5, 0.6) is 5.75 Å². The van der Waals surface area contributed by atoms with E-state index in [0.29, 0.717) is 12.1 Å². The maximum Gasteiger partial charge on any atom is 0.185 e. The van der Waals surface area contributed by atoms with Crippen LogP contribution < -0.4 is 0 Å². The average Bonchev–Trinajstić information content (AvgIpc) is 3.09. The molecule has 1 aliphatic heterocycles. The number of hydrogen-bond acceptors (Lipinski definition) is 4. The van der Waals surface area contributed by atoms with Gasteiger partial charge in [0, 0.05) is 17.7 Å². The van der Waals surface area contributed by atoms with E-state index < -0.39 is 0 Å². The zero-order valence-corrected chi connectivity index (χ0v) is 13.9. The predicted molar refractivity (Wildman–Crippen MR) is 94.9 cm³/mol. The number of nitrogens with zero attached hydrogens (tertiary/aromatic N) is 1. The number of rotatable bonds is 5. The summed E-state index contributed by atoms with van der Waals surface area (Å²) in [5.74, 6) is 0.241. The number of allylic oxidation sites excluding steroid dienone is 1. The number of hydrogen-bond donors (Lipinski definition) is 1. The normalized spacial score (nSPS) is 16.0. The number of benzene rings is 1. The molecular weight excluding hydrogens is 306 g/mol. The monoisotopic (exact) mass is 327 g/mol. The van der Waals surface area contributed by atoms with Gasteiger partial charge in [-0.3, -0.25) is 9.69 Å². The molecule has 2 aromatic rings. The summed E-state index contributed by atoms with van der Waals surface area (Å²) < 4.78 is 0. The molecule has 1 N–H and O–H groups in total. The Labute approximate surface area is 140 Å². The van der Waals surface area contributed by atoms with E-state index in [0.717, 1.165) is 24.2 Å². The molecule has 0 spiro atoms. The predicted octanol–water partition coefficient (Wildman–Crippen LogP) is 4.34. The first-order valence-corrected chi connectivity index (χ1v) is 8.95. The molecule has 0 aliphatic carbocycles. The summed E-state index contributed by atoms with van der Waals surface area (Å²) in [4.78, 5) is 14.7. The van der Waals surface area contributed by atoms with E-state index in [1.54, 1.807) is 29.5 Å². The molecule has 23 heavy (non-hydrogen) atoms. The zero-order valence-electron chi connectivity index (χ0n) is 13.1. The van der Waals surface area contributed by atoms with Crippen LogP contribution in [0.3, 0.4) is 0 Å². The highest BCUT2D eigenvalue weighted by Gasteiger charge is 2.14. The minimum Gasteiger partial charge on any atom is -0.508 e. The first kappa shape index (κ1) is 16.0.